The second-order valence-corrected chi connectivity index (χ2v) is 8.81. The van der Waals surface area contributed by atoms with Crippen molar-refractivity contribution in [3.8, 4) is 17.0 Å². The van der Waals surface area contributed by atoms with E-state index in [1.165, 1.54) is 11.0 Å². The van der Waals surface area contributed by atoms with Gasteiger partial charge in [-0.1, -0.05) is 0 Å². The van der Waals surface area contributed by atoms with Crippen molar-refractivity contribution < 1.29 is 10.2 Å². The summed E-state index contributed by atoms with van der Waals surface area (Å²) in [6.45, 7) is 0. The number of aliphatic hydroxyl groups excluding tert-OH is 1. The maximum atomic E-state index is 12.4. The number of rotatable bonds is 3. The number of phenols is 1. The van der Waals surface area contributed by atoms with Gasteiger partial charge in [-0.3, -0.25) is 4.79 Å². The first-order valence-electron chi connectivity index (χ1n) is 10.5. The number of hydrogen-bond acceptors (Lipinski definition) is 6. The Hall–Kier alpha value is -2.93. The number of likely N-dealkylation sites (N-methyl/N-ethyl adjacent to an activating group) is 1. The zero-order chi connectivity index (χ0) is 21.0. The molecule has 0 spiro atoms. The zero-order valence-corrected chi connectivity index (χ0v) is 17.2. The van der Waals surface area contributed by atoms with E-state index < -0.39 is 0 Å². The smallest absolute Gasteiger partial charge is 0.258 e. The van der Waals surface area contributed by atoms with Crippen molar-refractivity contribution in [2.75, 3.05) is 11.9 Å². The van der Waals surface area contributed by atoms with Gasteiger partial charge in [0.25, 0.3) is 5.56 Å². The van der Waals surface area contributed by atoms with Crippen LogP contribution < -0.4 is 10.5 Å². The third kappa shape index (κ3) is 3.04. The molecule has 156 valence electrons. The lowest BCUT2D eigenvalue weighted by atomic mass is 9.82. The first-order valence-corrected chi connectivity index (χ1v) is 10.5. The molecule has 7 heteroatoms. The fraction of sp³-hybridized carbons (Fsp3) is 0.435. The molecular weight excluding hydrogens is 380 g/mol. The molecule has 5 rings (SSSR count). The molecule has 2 fully saturated rings. The van der Waals surface area contributed by atoms with E-state index in [-0.39, 0.29) is 23.5 Å². The van der Waals surface area contributed by atoms with Gasteiger partial charge in [0.1, 0.15) is 5.75 Å². The molecule has 2 heterocycles. The van der Waals surface area contributed by atoms with Crippen LogP contribution >= 0.6 is 0 Å². The van der Waals surface area contributed by atoms with Gasteiger partial charge in [0.15, 0.2) is 5.82 Å². The zero-order valence-electron chi connectivity index (χ0n) is 17.2. The topological polar surface area (TPSA) is 91.5 Å². The van der Waals surface area contributed by atoms with Gasteiger partial charge in [-0.15, -0.1) is 10.2 Å². The summed E-state index contributed by atoms with van der Waals surface area (Å²) in [5, 5.41) is 31.1. The van der Waals surface area contributed by atoms with Crippen LogP contribution in [-0.4, -0.2) is 44.2 Å². The Balaban J connectivity index is 1.46. The third-order valence-corrected chi connectivity index (χ3v) is 7.02. The number of hydrogen-bond donors (Lipinski definition) is 2. The van der Waals surface area contributed by atoms with E-state index >= 15 is 0 Å². The van der Waals surface area contributed by atoms with Crippen LogP contribution in [0.5, 0.6) is 5.75 Å². The number of aryl methyl sites for hydroxylation is 1. The van der Waals surface area contributed by atoms with Gasteiger partial charge in [-0.25, -0.2) is 0 Å². The van der Waals surface area contributed by atoms with Gasteiger partial charge in [-0.2, -0.15) is 0 Å². The van der Waals surface area contributed by atoms with Gasteiger partial charge < -0.3 is 19.7 Å². The highest BCUT2D eigenvalue weighted by molar-refractivity contribution is 5.89. The molecule has 2 N–H and O–H groups in total. The Kier molecular flexibility index (Phi) is 4.50. The first kappa shape index (κ1) is 19.1. The van der Waals surface area contributed by atoms with Crippen molar-refractivity contribution >= 4 is 16.6 Å². The van der Waals surface area contributed by atoms with Gasteiger partial charge >= 0.3 is 0 Å². The van der Waals surface area contributed by atoms with E-state index in [0.717, 1.165) is 19.3 Å². The van der Waals surface area contributed by atoms with Crippen LogP contribution in [0.2, 0.25) is 0 Å². The summed E-state index contributed by atoms with van der Waals surface area (Å²) in [5.74, 6) is 1.83. The minimum atomic E-state index is -0.337. The molecule has 0 aliphatic heterocycles. The standard InChI is InChI=1S/C23H26N4O3/c1-26-8-7-14-11-20(28)17(12-16(14)23(26)30)18-5-6-21(25-24-18)27(2)19-10-13-3-4-15(9-13)22(19)29/h5-8,11-13,15,19,22,28-29H,3-4,9-10H2,1-2H3/t13-,15+,19+,22-/m1/s1. The average molecular weight is 406 g/mol. The van der Waals surface area contributed by atoms with Crippen LogP contribution in [0.3, 0.4) is 0 Å². The summed E-state index contributed by atoms with van der Waals surface area (Å²) in [7, 11) is 3.66. The van der Waals surface area contributed by atoms with Gasteiger partial charge in [-0.05, 0) is 73.2 Å². The lowest BCUT2D eigenvalue weighted by Gasteiger charge is -2.39. The van der Waals surface area contributed by atoms with Crippen molar-refractivity contribution in [1.82, 2.24) is 14.8 Å². The number of aromatic nitrogens is 3. The van der Waals surface area contributed by atoms with E-state index in [4.69, 9.17) is 0 Å². The summed E-state index contributed by atoms with van der Waals surface area (Å²) in [6, 6.07) is 8.76. The lowest BCUT2D eigenvalue weighted by molar-refractivity contribution is 0.0554. The molecule has 2 aromatic heterocycles. The molecular formula is C23H26N4O3. The van der Waals surface area contributed by atoms with Crippen LogP contribution in [0.15, 0.2) is 41.3 Å². The second-order valence-electron chi connectivity index (χ2n) is 8.81. The van der Waals surface area contributed by atoms with Crippen LogP contribution in [0.25, 0.3) is 22.0 Å². The lowest BCUT2D eigenvalue weighted by Crippen LogP contribution is -2.48. The Morgan fingerprint density at radius 2 is 1.97 bits per heavy atom. The highest BCUT2D eigenvalue weighted by Crippen LogP contribution is 2.44. The quantitative estimate of drug-likeness (QED) is 0.695. The summed E-state index contributed by atoms with van der Waals surface area (Å²) >= 11 is 0. The molecule has 2 bridgehead atoms. The van der Waals surface area contributed by atoms with E-state index in [2.05, 4.69) is 10.2 Å². The third-order valence-electron chi connectivity index (χ3n) is 7.02. The number of anilines is 1. The maximum absolute atomic E-state index is 12.4. The maximum Gasteiger partial charge on any atom is 0.258 e. The summed E-state index contributed by atoms with van der Waals surface area (Å²) in [4.78, 5) is 14.5. The Bertz CT molecular complexity index is 1160. The molecule has 3 aromatic rings. The van der Waals surface area contributed by atoms with Crippen molar-refractivity contribution in [2.24, 2.45) is 18.9 Å². The average Bonchev–Trinajstić information content (AvgIpc) is 3.16. The minimum Gasteiger partial charge on any atom is -0.507 e. The fourth-order valence-electron chi connectivity index (χ4n) is 5.23. The summed E-state index contributed by atoms with van der Waals surface area (Å²) in [5.41, 5.74) is 0.851. The Labute approximate surface area is 174 Å². The van der Waals surface area contributed by atoms with Crippen molar-refractivity contribution in [3.63, 3.8) is 0 Å². The van der Waals surface area contributed by atoms with Crippen molar-refractivity contribution in [1.29, 1.82) is 0 Å². The van der Waals surface area contributed by atoms with Gasteiger partial charge in [0, 0.05) is 31.2 Å². The Morgan fingerprint density at radius 3 is 2.73 bits per heavy atom. The largest absolute Gasteiger partial charge is 0.507 e. The SMILES string of the molecule is CN(c1ccc(-c2cc3c(=O)n(C)ccc3cc2O)nn1)[C@H]1C[C@@H]2CC[C@@H](C2)[C@H]1O. The molecule has 0 amide bonds. The van der Waals surface area contributed by atoms with E-state index in [0.29, 0.717) is 39.7 Å². The number of aromatic hydroxyl groups is 1. The molecule has 0 unspecified atom stereocenters. The minimum absolute atomic E-state index is 0.0495. The molecule has 2 saturated carbocycles. The molecule has 2 aliphatic rings. The van der Waals surface area contributed by atoms with E-state index in [9.17, 15) is 15.0 Å². The number of fused-ring (bicyclic) bond motifs is 3. The highest BCUT2D eigenvalue weighted by Gasteiger charge is 2.42. The highest BCUT2D eigenvalue weighted by atomic mass is 16.3. The molecule has 30 heavy (non-hydrogen) atoms. The van der Waals surface area contributed by atoms with Gasteiger partial charge in [0.05, 0.1) is 17.8 Å². The van der Waals surface area contributed by atoms with Crippen LogP contribution in [0.1, 0.15) is 25.7 Å². The number of aliphatic hydroxyl groups is 1. The Morgan fingerprint density at radius 1 is 1.13 bits per heavy atom. The first-order chi connectivity index (χ1) is 14.4. The summed E-state index contributed by atoms with van der Waals surface area (Å²) < 4.78 is 1.51. The number of phenolic OH excluding ortho intramolecular Hbond substituents is 1. The molecule has 0 saturated heterocycles. The molecule has 0 radical (unpaired) electrons. The number of benzene rings is 1. The van der Waals surface area contributed by atoms with Crippen molar-refractivity contribution in [3.05, 3.63) is 46.9 Å². The monoisotopic (exact) mass is 406 g/mol. The summed E-state index contributed by atoms with van der Waals surface area (Å²) in [6.07, 6.45) is 5.78. The fourth-order valence-corrected chi connectivity index (χ4v) is 5.23. The normalized spacial score (nSPS) is 25.6. The van der Waals surface area contributed by atoms with Crippen molar-refractivity contribution in [2.45, 2.75) is 37.8 Å². The van der Waals surface area contributed by atoms with Crippen LogP contribution in [-0.2, 0) is 7.05 Å². The van der Waals surface area contributed by atoms with Crippen LogP contribution in [0, 0.1) is 11.8 Å². The number of pyridine rings is 1. The van der Waals surface area contributed by atoms with Gasteiger partial charge in [0.2, 0.25) is 0 Å². The number of nitrogens with zero attached hydrogens (tertiary/aromatic N) is 4. The van der Waals surface area contributed by atoms with E-state index in [1.807, 2.05) is 18.0 Å². The van der Waals surface area contributed by atoms with E-state index in [1.54, 1.807) is 37.5 Å². The molecule has 7 nitrogen and oxygen atoms in total. The van der Waals surface area contributed by atoms with Crippen LogP contribution in [0.4, 0.5) is 5.82 Å². The second kappa shape index (κ2) is 7.09. The molecule has 1 aromatic carbocycles. The predicted octanol–water partition coefficient (Wildman–Crippen LogP) is 2.69. The molecule has 2 aliphatic carbocycles. The predicted molar refractivity (Wildman–Crippen MR) is 116 cm³/mol. The molecule has 4 atom stereocenters.